The van der Waals surface area contributed by atoms with Crippen molar-refractivity contribution in [2.75, 3.05) is 36.8 Å². The van der Waals surface area contributed by atoms with E-state index < -0.39 is 9.84 Å². The Labute approximate surface area is 219 Å². The Morgan fingerprint density at radius 2 is 1.51 bits per heavy atom. The first kappa shape index (κ1) is 25.0. The quantitative estimate of drug-likeness (QED) is 0.351. The van der Waals surface area contributed by atoms with Gasteiger partial charge >= 0.3 is 0 Å². The summed E-state index contributed by atoms with van der Waals surface area (Å²) < 4.78 is 41.0. The second-order valence-electron chi connectivity index (χ2n) is 8.51. The van der Waals surface area contributed by atoms with Gasteiger partial charge in [0.05, 0.1) is 16.3 Å². The molecule has 1 fully saturated rings. The molecule has 10 heteroatoms. The van der Waals surface area contributed by atoms with Crippen molar-refractivity contribution >= 4 is 33.2 Å². The van der Waals surface area contributed by atoms with E-state index in [4.69, 9.17) is 0 Å². The smallest absolute Gasteiger partial charge is 0.233 e. The molecule has 0 unspecified atom stereocenters. The molecule has 4 aromatic rings. The Balaban J connectivity index is 1.32. The Morgan fingerprint density at radius 1 is 0.892 bits per heavy atom. The second-order valence-corrected chi connectivity index (χ2v) is 11.4. The molecule has 0 aliphatic carbocycles. The highest BCUT2D eigenvalue weighted by Gasteiger charge is 2.28. The number of hydrogen-bond acceptors (Lipinski definition) is 6. The zero-order valence-electron chi connectivity index (χ0n) is 19.9. The molecule has 0 saturated carbocycles. The molecular weight excluding hydrogens is 511 g/mol. The highest BCUT2D eigenvalue weighted by Crippen LogP contribution is 2.32. The summed E-state index contributed by atoms with van der Waals surface area (Å²) in [6.07, 6.45) is 0. The third-order valence-electron chi connectivity index (χ3n) is 6.17. The molecule has 1 amide bonds. The minimum atomic E-state index is -3.88. The van der Waals surface area contributed by atoms with Crippen molar-refractivity contribution in [1.29, 1.82) is 0 Å². The molecular formula is C27H25FN4O3S2. The van der Waals surface area contributed by atoms with E-state index in [9.17, 15) is 17.6 Å². The van der Waals surface area contributed by atoms with Gasteiger partial charge in [-0.15, -0.1) is 0 Å². The van der Waals surface area contributed by atoms with E-state index in [1.165, 1.54) is 18.2 Å². The topological polar surface area (TPSA) is 86.4 Å². The van der Waals surface area contributed by atoms with Gasteiger partial charge in [-0.1, -0.05) is 72.4 Å². The summed E-state index contributed by atoms with van der Waals surface area (Å²) >= 11 is 1.10. The number of carbonyl (C=O) groups excluding carboxylic acids is 1. The van der Waals surface area contributed by atoms with Crippen LogP contribution in [0.5, 0.6) is 0 Å². The van der Waals surface area contributed by atoms with E-state index in [0.717, 1.165) is 17.3 Å². The SMILES string of the molecule is O=C(CSc1nc(-c2ccccc2)[nH]c1S(=O)(=O)c1ccccc1)N1CCN(c2ccccc2F)CC1. The fourth-order valence-corrected chi connectivity index (χ4v) is 6.74. The van der Waals surface area contributed by atoms with E-state index in [1.54, 1.807) is 41.3 Å². The fourth-order valence-electron chi connectivity index (χ4n) is 4.20. The van der Waals surface area contributed by atoms with Crippen LogP contribution in [0.1, 0.15) is 0 Å². The van der Waals surface area contributed by atoms with Crippen LogP contribution in [0.3, 0.4) is 0 Å². The molecule has 0 spiro atoms. The van der Waals surface area contributed by atoms with Crippen LogP contribution in [0, 0.1) is 5.82 Å². The summed E-state index contributed by atoms with van der Waals surface area (Å²) in [7, 11) is -3.88. The molecule has 5 rings (SSSR count). The number of halogens is 1. The normalized spacial score (nSPS) is 14.1. The van der Waals surface area contributed by atoms with E-state index >= 15 is 0 Å². The monoisotopic (exact) mass is 536 g/mol. The van der Waals surface area contributed by atoms with Gasteiger partial charge in [-0.2, -0.15) is 0 Å². The molecule has 190 valence electrons. The number of nitrogens with zero attached hydrogens (tertiary/aromatic N) is 3. The number of hydrogen-bond donors (Lipinski definition) is 1. The standard InChI is InChI=1S/C27H25FN4O3S2/c28-22-13-7-8-14-23(22)31-15-17-32(18-16-31)24(33)19-36-26-27(37(34,35)21-11-5-2-6-12-21)30-25(29-26)20-9-3-1-4-10-20/h1-14H,15-19H2,(H,29,30). The van der Waals surface area contributed by atoms with Gasteiger partial charge in [0.15, 0.2) is 5.03 Å². The summed E-state index contributed by atoms with van der Waals surface area (Å²) in [5.41, 5.74) is 1.28. The Kier molecular flexibility index (Phi) is 7.29. The van der Waals surface area contributed by atoms with Gasteiger partial charge in [-0.25, -0.2) is 17.8 Å². The molecule has 0 atom stereocenters. The minimum Gasteiger partial charge on any atom is -0.366 e. The Morgan fingerprint density at radius 3 is 2.19 bits per heavy atom. The van der Waals surface area contributed by atoms with Crippen LogP contribution < -0.4 is 4.90 Å². The predicted molar refractivity (Wildman–Crippen MR) is 142 cm³/mol. The first-order valence-electron chi connectivity index (χ1n) is 11.8. The maximum Gasteiger partial charge on any atom is 0.233 e. The fraction of sp³-hybridized carbons (Fsp3) is 0.185. The number of piperazine rings is 1. The summed E-state index contributed by atoms with van der Waals surface area (Å²) in [6, 6.07) is 24.0. The second kappa shape index (κ2) is 10.8. The van der Waals surface area contributed by atoms with Crippen LogP contribution in [-0.4, -0.2) is 61.1 Å². The van der Waals surface area contributed by atoms with E-state index in [1.807, 2.05) is 35.2 Å². The lowest BCUT2D eigenvalue weighted by Gasteiger charge is -2.36. The zero-order valence-corrected chi connectivity index (χ0v) is 21.5. The number of carbonyl (C=O) groups is 1. The van der Waals surface area contributed by atoms with Crippen LogP contribution in [0.25, 0.3) is 11.4 Å². The molecule has 0 bridgehead atoms. The summed E-state index contributed by atoms with van der Waals surface area (Å²) in [5, 5.41) is 0.223. The van der Waals surface area contributed by atoms with Crippen molar-refractivity contribution in [3.05, 3.63) is 90.7 Å². The Hall–Kier alpha value is -3.63. The van der Waals surface area contributed by atoms with E-state index in [-0.39, 0.29) is 32.4 Å². The lowest BCUT2D eigenvalue weighted by atomic mass is 10.2. The number of aromatic nitrogens is 2. The molecule has 1 aromatic heterocycles. The van der Waals surface area contributed by atoms with Gasteiger partial charge in [0.25, 0.3) is 0 Å². The van der Waals surface area contributed by atoms with Gasteiger partial charge in [-0.05, 0) is 24.3 Å². The number of para-hydroxylation sites is 1. The maximum atomic E-state index is 14.1. The third kappa shape index (κ3) is 5.40. The summed E-state index contributed by atoms with van der Waals surface area (Å²) in [5.74, 6) is 0.0580. The van der Waals surface area contributed by atoms with Crippen molar-refractivity contribution in [3.8, 4) is 11.4 Å². The van der Waals surface area contributed by atoms with Crippen LogP contribution >= 0.6 is 11.8 Å². The van der Waals surface area contributed by atoms with E-state index in [0.29, 0.717) is 37.7 Å². The number of sulfone groups is 1. The maximum absolute atomic E-state index is 14.1. The van der Waals surface area contributed by atoms with Crippen molar-refractivity contribution < 1.29 is 17.6 Å². The molecule has 1 N–H and O–H groups in total. The number of benzene rings is 3. The highest BCUT2D eigenvalue weighted by atomic mass is 32.2. The molecule has 1 aliphatic heterocycles. The van der Waals surface area contributed by atoms with Crippen LogP contribution in [0.2, 0.25) is 0 Å². The zero-order chi connectivity index (χ0) is 25.8. The number of aromatic amines is 1. The van der Waals surface area contributed by atoms with Gasteiger partial charge in [-0.3, -0.25) is 4.79 Å². The molecule has 37 heavy (non-hydrogen) atoms. The average molecular weight is 537 g/mol. The lowest BCUT2D eigenvalue weighted by molar-refractivity contribution is -0.128. The number of rotatable bonds is 7. The molecule has 1 saturated heterocycles. The van der Waals surface area contributed by atoms with Gasteiger partial charge in [0, 0.05) is 31.7 Å². The van der Waals surface area contributed by atoms with E-state index in [2.05, 4.69) is 9.97 Å². The van der Waals surface area contributed by atoms with Crippen molar-refractivity contribution in [1.82, 2.24) is 14.9 Å². The Bertz CT molecular complexity index is 1490. The first-order chi connectivity index (χ1) is 17.9. The lowest BCUT2D eigenvalue weighted by Crippen LogP contribution is -2.49. The number of imidazole rings is 1. The van der Waals surface area contributed by atoms with Gasteiger partial charge in [0.1, 0.15) is 16.7 Å². The molecule has 7 nitrogen and oxygen atoms in total. The molecule has 0 radical (unpaired) electrons. The van der Waals surface area contributed by atoms with Gasteiger partial charge < -0.3 is 14.8 Å². The van der Waals surface area contributed by atoms with Crippen molar-refractivity contribution in [2.45, 2.75) is 14.9 Å². The number of nitrogens with one attached hydrogen (secondary N) is 1. The van der Waals surface area contributed by atoms with Crippen LogP contribution in [0.4, 0.5) is 10.1 Å². The van der Waals surface area contributed by atoms with Crippen LogP contribution in [0.15, 0.2) is 99.9 Å². The number of anilines is 1. The number of amides is 1. The van der Waals surface area contributed by atoms with Crippen LogP contribution in [-0.2, 0) is 14.6 Å². The average Bonchev–Trinajstić information content (AvgIpc) is 3.38. The first-order valence-corrected chi connectivity index (χ1v) is 14.3. The largest absolute Gasteiger partial charge is 0.366 e. The highest BCUT2D eigenvalue weighted by molar-refractivity contribution is 8.00. The number of H-pyrrole nitrogens is 1. The van der Waals surface area contributed by atoms with Gasteiger partial charge in [0.2, 0.25) is 15.7 Å². The molecule has 3 aromatic carbocycles. The van der Waals surface area contributed by atoms with Crippen molar-refractivity contribution in [3.63, 3.8) is 0 Å². The number of thioether (sulfide) groups is 1. The molecule has 1 aliphatic rings. The summed E-state index contributed by atoms with van der Waals surface area (Å²) in [4.78, 5) is 24.4. The molecule has 2 heterocycles. The third-order valence-corrected chi connectivity index (χ3v) is 8.98. The minimum absolute atomic E-state index is 0.0280. The summed E-state index contributed by atoms with van der Waals surface area (Å²) in [6.45, 7) is 1.95. The van der Waals surface area contributed by atoms with Crippen molar-refractivity contribution in [2.24, 2.45) is 0 Å². The predicted octanol–water partition coefficient (Wildman–Crippen LogP) is 4.49.